The van der Waals surface area contributed by atoms with Crippen LogP contribution in [-0.4, -0.2) is 66.0 Å². The van der Waals surface area contributed by atoms with Crippen molar-refractivity contribution in [2.45, 2.75) is 18.4 Å². The first kappa shape index (κ1) is 20.0. The van der Waals surface area contributed by atoms with Crippen LogP contribution in [0.25, 0.3) is 0 Å². The normalized spacial score (nSPS) is 28.3. The molecule has 4 rings (SSSR count). The number of hydrazine groups is 1. The SMILES string of the molecule is CC1C(c2ccccc2)C1(C(=O)O)N(N1CCN(c2ccncc2)CC1)S(=O)O. The molecule has 2 fully saturated rings. The molecular weight excluding hydrogens is 392 g/mol. The van der Waals surface area contributed by atoms with Crippen molar-refractivity contribution in [1.82, 2.24) is 14.4 Å². The molecule has 4 unspecified atom stereocenters. The fraction of sp³-hybridized carbons (Fsp3) is 0.400. The number of carboxylic acid groups (broad SMARTS) is 1. The molecule has 0 radical (unpaired) electrons. The number of piperazine rings is 1. The van der Waals surface area contributed by atoms with Crippen LogP contribution in [0, 0.1) is 5.92 Å². The Morgan fingerprint density at radius 3 is 2.31 bits per heavy atom. The zero-order valence-electron chi connectivity index (χ0n) is 16.1. The van der Waals surface area contributed by atoms with Crippen LogP contribution in [-0.2, 0) is 16.1 Å². The van der Waals surface area contributed by atoms with E-state index in [0.717, 1.165) is 11.3 Å². The summed E-state index contributed by atoms with van der Waals surface area (Å²) in [5.74, 6) is -1.72. The van der Waals surface area contributed by atoms with Gasteiger partial charge in [0.05, 0.1) is 0 Å². The molecule has 8 nitrogen and oxygen atoms in total. The number of hydrogen-bond donors (Lipinski definition) is 2. The maximum atomic E-state index is 12.4. The number of rotatable bonds is 6. The lowest BCUT2D eigenvalue weighted by Crippen LogP contribution is -2.61. The zero-order chi connectivity index (χ0) is 20.6. The van der Waals surface area contributed by atoms with Crippen molar-refractivity contribution in [1.29, 1.82) is 0 Å². The summed E-state index contributed by atoms with van der Waals surface area (Å²) in [4.78, 5) is 18.6. The number of benzene rings is 1. The molecular formula is C20H24N4O4S. The second-order valence-electron chi connectivity index (χ2n) is 7.46. The monoisotopic (exact) mass is 416 g/mol. The first-order valence-corrected chi connectivity index (χ1v) is 10.6. The summed E-state index contributed by atoms with van der Waals surface area (Å²) >= 11 is -2.45. The van der Waals surface area contributed by atoms with Crippen LogP contribution in [0.5, 0.6) is 0 Å². The molecule has 29 heavy (non-hydrogen) atoms. The van der Waals surface area contributed by atoms with Crippen molar-refractivity contribution in [2.24, 2.45) is 5.92 Å². The van der Waals surface area contributed by atoms with Crippen molar-refractivity contribution >= 4 is 22.9 Å². The summed E-state index contributed by atoms with van der Waals surface area (Å²) in [5, 5.41) is 11.9. The standard InChI is InChI=1S/C20H24N4O4S/c1-15-18(16-5-3-2-4-6-16)20(15,19(25)26)24(29(27)28)23-13-11-22(12-14-23)17-7-9-21-10-8-17/h2-10,15,18H,11-14H2,1H3,(H,25,26)(H,27,28). The Labute approximate surface area is 172 Å². The maximum Gasteiger partial charge on any atom is 0.327 e. The first-order valence-electron chi connectivity index (χ1n) is 9.57. The van der Waals surface area contributed by atoms with Crippen LogP contribution in [0.4, 0.5) is 5.69 Å². The minimum Gasteiger partial charge on any atom is -0.480 e. The van der Waals surface area contributed by atoms with Gasteiger partial charge in [-0.2, -0.15) is 0 Å². The molecule has 2 aliphatic rings. The highest BCUT2D eigenvalue weighted by molar-refractivity contribution is 7.76. The molecule has 2 aromatic rings. The van der Waals surface area contributed by atoms with Crippen molar-refractivity contribution < 1.29 is 18.7 Å². The van der Waals surface area contributed by atoms with Crippen molar-refractivity contribution in [3.05, 3.63) is 60.4 Å². The van der Waals surface area contributed by atoms with Gasteiger partial charge in [0.25, 0.3) is 0 Å². The van der Waals surface area contributed by atoms with Gasteiger partial charge in [0.1, 0.15) is 0 Å². The lowest BCUT2D eigenvalue weighted by Gasteiger charge is -2.42. The number of pyridine rings is 1. The van der Waals surface area contributed by atoms with Crippen LogP contribution >= 0.6 is 0 Å². The molecule has 1 aliphatic heterocycles. The molecule has 0 amide bonds. The number of nitrogens with zero attached hydrogens (tertiary/aromatic N) is 4. The quantitative estimate of drug-likeness (QED) is 0.693. The topological polar surface area (TPSA) is 97.2 Å². The Bertz CT molecular complexity index is 892. The highest BCUT2D eigenvalue weighted by Crippen LogP contribution is 2.61. The van der Waals surface area contributed by atoms with Gasteiger partial charge in [0.15, 0.2) is 5.54 Å². The number of carbonyl (C=O) groups is 1. The first-order chi connectivity index (χ1) is 14.0. The smallest absolute Gasteiger partial charge is 0.327 e. The molecule has 2 N–H and O–H groups in total. The minimum absolute atomic E-state index is 0.295. The fourth-order valence-corrected chi connectivity index (χ4v) is 5.58. The van der Waals surface area contributed by atoms with E-state index in [9.17, 15) is 18.7 Å². The Hall–Kier alpha value is -2.33. The van der Waals surface area contributed by atoms with E-state index in [4.69, 9.17) is 0 Å². The van der Waals surface area contributed by atoms with Crippen LogP contribution < -0.4 is 4.90 Å². The number of anilines is 1. The molecule has 1 aromatic carbocycles. The summed E-state index contributed by atoms with van der Waals surface area (Å²) in [6.45, 7) is 3.99. The van der Waals surface area contributed by atoms with Crippen LogP contribution in [0.1, 0.15) is 18.4 Å². The third-order valence-electron chi connectivity index (χ3n) is 6.07. The van der Waals surface area contributed by atoms with Crippen LogP contribution in [0.2, 0.25) is 0 Å². The predicted octanol–water partition coefficient (Wildman–Crippen LogP) is 1.81. The third kappa shape index (κ3) is 3.33. The van der Waals surface area contributed by atoms with Gasteiger partial charge in [-0.15, -0.1) is 4.41 Å². The maximum absolute atomic E-state index is 12.4. The number of carboxylic acids is 1. The van der Waals surface area contributed by atoms with Crippen LogP contribution in [0.3, 0.4) is 0 Å². The van der Waals surface area contributed by atoms with Gasteiger partial charge in [-0.1, -0.05) is 37.3 Å². The molecule has 4 atom stereocenters. The van der Waals surface area contributed by atoms with E-state index in [0.29, 0.717) is 26.2 Å². The third-order valence-corrected chi connectivity index (χ3v) is 6.89. The summed E-state index contributed by atoms with van der Waals surface area (Å²) in [5.41, 5.74) is 0.472. The number of aliphatic carboxylic acids is 1. The van der Waals surface area contributed by atoms with E-state index in [1.165, 1.54) is 4.41 Å². The second kappa shape index (κ2) is 7.83. The number of aromatic nitrogens is 1. The van der Waals surface area contributed by atoms with E-state index in [1.54, 1.807) is 17.4 Å². The van der Waals surface area contributed by atoms with E-state index in [2.05, 4.69) is 9.88 Å². The molecule has 1 saturated carbocycles. The molecule has 0 spiro atoms. The Morgan fingerprint density at radius 1 is 1.14 bits per heavy atom. The van der Waals surface area contributed by atoms with Gasteiger partial charge >= 0.3 is 5.97 Å². The Kier molecular flexibility index (Phi) is 5.39. The summed E-state index contributed by atoms with van der Waals surface area (Å²) in [6, 6.07) is 13.2. The van der Waals surface area contributed by atoms with Crippen molar-refractivity contribution in [3.63, 3.8) is 0 Å². The summed E-state index contributed by atoms with van der Waals surface area (Å²) in [6.07, 6.45) is 3.46. The molecule has 1 saturated heterocycles. The Morgan fingerprint density at radius 2 is 1.76 bits per heavy atom. The second-order valence-corrected chi connectivity index (χ2v) is 8.26. The lowest BCUT2D eigenvalue weighted by molar-refractivity contribution is -0.150. The van der Waals surface area contributed by atoms with Crippen molar-refractivity contribution in [2.75, 3.05) is 31.1 Å². The molecule has 9 heteroatoms. The van der Waals surface area contributed by atoms with E-state index in [1.807, 2.05) is 49.4 Å². The van der Waals surface area contributed by atoms with Crippen LogP contribution in [0.15, 0.2) is 54.9 Å². The van der Waals surface area contributed by atoms with Gasteiger partial charge in [-0.05, 0) is 23.6 Å². The van der Waals surface area contributed by atoms with E-state index >= 15 is 0 Å². The van der Waals surface area contributed by atoms with Gasteiger partial charge in [0.2, 0.25) is 11.3 Å². The van der Waals surface area contributed by atoms with Gasteiger partial charge in [0, 0.05) is 50.2 Å². The van der Waals surface area contributed by atoms with Gasteiger partial charge < -0.3 is 10.0 Å². The van der Waals surface area contributed by atoms with E-state index < -0.39 is 22.8 Å². The molecule has 0 bridgehead atoms. The summed E-state index contributed by atoms with van der Waals surface area (Å²) in [7, 11) is 0. The lowest BCUT2D eigenvalue weighted by atomic mass is 10.1. The molecule has 1 aliphatic carbocycles. The van der Waals surface area contributed by atoms with Gasteiger partial charge in [-0.3, -0.25) is 14.3 Å². The molecule has 1 aromatic heterocycles. The largest absolute Gasteiger partial charge is 0.480 e. The zero-order valence-corrected chi connectivity index (χ0v) is 16.9. The number of hydrogen-bond acceptors (Lipinski definition) is 5. The average Bonchev–Trinajstić information content (AvgIpc) is 3.35. The predicted molar refractivity (Wildman–Crippen MR) is 109 cm³/mol. The molecule has 154 valence electrons. The van der Waals surface area contributed by atoms with Gasteiger partial charge in [-0.25, -0.2) is 9.22 Å². The Balaban J connectivity index is 1.59. The molecule has 2 heterocycles. The average molecular weight is 417 g/mol. The fourth-order valence-electron chi connectivity index (χ4n) is 4.60. The highest BCUT2D eigenvalue weighted by atomic mass is 32.2. The van der Waals surface area contributed by atoms with E-state index in [-0.39, 0.29) is 11.8 Å². The minimum atomic E-state index is -2.45. The van der Waals surface area contributed by atoms with Crippen molar-refractivity contribution in [3.8, 4) is 0 Å². The summed E-state index contributed by atoms with van der Waals surface area (Å²) < 4.78 is 23.7. The highest BCUT2D eigenvalue weighted by Gasteiger charge is 2.74.